The van der Waals surface area contributed by atoms with E-state index in [0.29, 0.717) is 6.04 Å². The molecule has 2 fully saturated rings. The zero-order valence-electron chi connectivity index (χ0n) is 16.6. The van der Waals surface area contributed by atoms with Gasteiger partial charge in [0.05, 0.1) is 11.0 Å². The minimum Gasteiger partial charge on any atom is -0.370 e. The van der Waals surface area contributed by atoms with Gasteiger partial charge >= 0.3 is 0 Å². The average molecular weight is 376 g/mol. The Morgan fingerprint density at radius 2 is 1.86 bits per heavy atom. The lowest BCUT2D eigenvalue weighted by Crippen LogP contribution is -2.54. The van der Waals surface area contributed by atoms with Gasteiger partial charge in [0, 0.05) is 63.6 Å². The number of anilines is 1. The molecule has 28 heavy (non-hydrogen) atoms. The van der Waals surface area contributed by atoms with Crippen molar-refractivity contribution in [1.29, 1.82) is 0 Å². The standard InChI is InChI=1S/C23H29N5/c1-26-22-10-3-2-9-21(22)25-23(26)18-6-4-7-19(16-18)28-13-5-8-20(17-28)27-14-11-24-12-15-27/h2-4,6-7,9-10,16,20,24H,5,8,11-15,17H2,1H3/t20-/m0/s1. The molecular formula is C23H29N5. The first-order valence-corrected chi connectivity index (χ1v) is 10.5. The highest BCUT2D eigenvalue weighted by Crippen LogP contribution is 2.29. The molecule has 1 atom stereocenters. The van der Waals surface area contributed by atoms with Gasteiger partial charge in [-0.1, -0.05) is 24.3 Å². The van der Waals surface area contributed by atoms with E-state index < -0.39 is 0 Å². The van der Waals surface area contributed by atoms with Gasteiger partial charge in [-0.3, -0.25) is 4.90 Å². The molecule has 2 aliphatic heterocycles. The van der Waals surface area contributed by atoms with Crippen LogP contribution in [0.2, 0.25) is 0 Å². The van der Waals surface area contributed by atoms with Crippen molar-refractivity contribution in [3.05, 3.63) is 48.5 Å². The van der Waals surface area contributed by atoms with E-state index in [0.717, 1.165) is 37.5 Å². The van der Waals surface area contributed by atoms with E-state index in [-0.39, 0.29) is 0 Å². The lowest BCUT2D eigenvalue weighted by atomic mass is 10.0. The average Bonchev–Trinajstić information content (AvgIpc) is 3.11. The maximum atomic E-state index is 4.89. The Morgan fingerprint density at radius 1 is 1.00 bits per heavy atom. The smallest absolute Gasteiger partial charge is 0.140 e. The molecule has 0 saturated carbocycles. The fraction of sp³-hybridized carbons (Fsp3) is 0.435. The van der Waals surface area contributed by atoms with Crippen LogP contribution in [0.5, 0.6) is 0 Å². The normalized spacial score (nSPS) is 21.3. The predicted molar refractivity (Wildman–Crippen MR) is 116 cm³/mol. The summed E-state index contributed by atoms with van der Waals surface area (Å²) in [6, 6.07) is 18.0. The van der Waals surface area contributed by atoms with Gasteiger partial charge in [0.25, 0.3) is 0 Å². The summed E-state index contributed by atoms with van der Waals surface area (Å²) in [4.78, 5) is 10.1. The van der Waals surface area contributed by atoms with Gasteiger partial charge in [-0.25, -0.2) is 4.98 Å². The van der Waals surface area contributed by atoms with Crippen molar-refractivity contribution in [3.63, 3.8) is 0 Å². The van der Waals surface area contributed by atoms with E-state index in [1.807, 2.05) is 0 Å². The Morgan fingerprint density at radius 3 is 2.71 bits per heavy atom. The highest BCUT2D eigenvalue weighted by atomic mass is 15.3. The van der Waals surface area contributed by atoms with Crippen molar-refractivity contribution in [2.75, 3.05) is 44.2 Å². The van der Waals surface area contributed by atoms with Crippen LogP contribution in [0.1, 0.15) is 12.8 Å². The van der Waals surface area contributed by atoms with Crippen molar-refractivity contribution in [3.8, 4) is 11.4 Å². The second-order valence-corrected chi connectivity index (χ2v) is 8.06. The molecule has 146 valence electrons. The van der Waals surface area contributed by atoms with Crippen molar-refractivity contribution < 1.29 is 0 Å². The molecule has 0 amide bonds. The van der Waals surface area contributed by atoms with Crippen LogP contribution in [0.15, 0.2) is 48.5 Å². The van der Waals surface area contributed by atoms with Gasteiger partial charge < -0.3 is 14.8 Å². The number of hydrogen-bond acceptors (Lipinski definition) is 4. The number of piperidine rings is 1. The highest BCUT2D eigenvalue weighted by molar-refractivity contribution is 5.81. The highest BCUT2D eigenvalue weighted by Gasteiger charge is 2.26. The number of aromatic nitrogens is 2. The number of fused-ring (bicyclic) bond motifs is 1. The number of hydrogen-bond donors (Lipinski definition) is 1. The molecule has 1 aromatic heterocycles. The minimum atomic E-state index is 0.676. The second-order valence-electron chi connectivity index (χ2n) is 8.06. The lowest BCUT2D eigenvalue weighted by molar-refractivity contribution is 0.156. The lowest BCUT2D eigenvalue weighted by Gasteiger charge is -2.42. The molecule has 0 bridgehead atoms. The van der Waals surface area contributed by atoms with E-state index in [4.69, 9.17) is 4.98 Å². The number of aryl methyl sites for hydroxylation is 1. The summed E-state index contributed by atoms with van der Waals surface area (Å²) < 4.78 is 2.20. The number of benzene rings is 2. The fourth-order valence-corrected chi connectivity index (χ4v) is 4.78. The van der Waals surface area contributed by atoms with Crippen LogP contribution >= 0.6 is 0 Å². The number of imidazole rings is 1. The van der Waals surface area contributed by atoms with E-state index in [1.54, 1.807) is 0 Å². The summed E-state index contributed by atoms with van der Waals surface area (Å²) in [5.41, 5.74) is 4.76. The summed E-state index contributed by atoms with van der Waals surface area (Å²) in [7, 11) is 2.11. The number of rotatable bonds is 3. The van der Waals surface area contributed by atoms with E-state index in [1.165, 1.54) is 42.7 Å². The first-order chi connectivity index (χ1) is 13.8. The molecule has 5 rings (SSSR count). The van der Waals surface area contributed by atoms with Gasteiger partial charge in [0.1, 0.15) is 5.82 Å². The first-order valence-electron chi connectivity index (χ1n) is 10.5. The van der Waals surface area contributed by atoms with Crippen molar-refractivity contribution in [2.45, 2.75) is 18.9 Å². The van der Waals surface area contributed by atoms with E-state index in [9.17, 15) is 0 Å². The van der Waals surface area contributed by atoms with Crippen LogP contribution in [0.3, 0.4) is 0 Å². The molecule has 1 N–H and O–H groups in total. The Hall–Kier alpha value is -2.37. The zero-order chi connectivity index (χ0) is 18.9. The molecule has 0 radical (unpaired) electrons. The summed E-state index contributed by atoms with van der Waals surface area (Å²) >= 11 is 0. The van der Waals surface area contributed by atoms with Crippen LogP contribution in [0, 0.1) is 0 Å². The third kappa shape index (κ3) is 3.29. The van der Waals surface area contributed by atoms with Crippen molar-refractivity contribution in [1.82, 2.24) is 19.8 Å². The van der Waals surface area contributed by atoms with E-state index >= 15 is 0 Å². The van der Waals surface area contributed by atoms with Gasteiger partial charge in [0.2, 0.25) is 0 Å². The van der Waals surface area contributed by atoms with Crippen molar-refractivity contribution >= 4 is 16.7 Å². The Balaban J connectivity index is 1.41. The summed E-state index contributed by atoms with van der Waals surface area (Å²) in [5.74, 6) is 1.04. The summed E-state index contributed by atoms with van der Waals surface area (Å²) in [5, 5.41) is 3.47. The number of nitrogens with zero attached hydrogens (tertiary/aromatic N) is 4. The van der Waals surface area contributed by atoms with E-state index in [2.05, 4.69) is 75.3 Å². The van der Waals surface area contributed by atoms with Crippen LogP contribution in [-0.4, -0.2) is 59.8 Å². The topological polar surface area (TPSA) is 36.3 Å². The molecule has 3 heterocycles. The number of para-hydroxylation sites is 2. The van der Waals surface area contributed by atoms with Crippen molar-refractivity contribution in [2.24, 2.45) is 7.05 Å². The molecule has 3 aromatic rings. The maximum absolute atomic E-state index is 4.89. The van der Waals surface area contributed by atoms with Gasteiger partial charge in [0.15, 0.2) is 0 Å². The molecule has 5 nitrogen and oxygen atoms in total. The maximum Gasteiger partial charge on any atom is 0.140 e. The third-order valence-corrected chi connectivity index (χ3v) is 6.32. The molecule has 5 heteroatoms. The molecule has 0 aliphatic carbocycles. The van der Waals surface area contributed by atoms with Crippen LogP contribution in [-0.2, 0) is 7.05 Å². The second kappa shape index (κ2) is 7.57. The van der Waals surface area contributed by atoms with Gasteiger partial charge in [-0.15, -0.1) is 0 Å². The Labute approximate surface area is 167 Å². The molecule has 2 aromatic carbocycles. The van der Waals surface area contributed by atoms with Crippen LogP contribution in [0.4, 0.5) is 5.69 Å². The predicted octanol–water partition coefficient (Wildman–Crippen LogP) is 3.11. The molecular weight excluding hydrogens is 346 g/mol. The first kappa shape index (κ1) is 17.7. The largest absolute Gasteiger partial charge is 0.370 e. The van der Waals surface area contributed by atoms with Crippen LogP contribution in [0.25, 0.3) is 22.4 Å². The number of piperazine rings is 1. The van der Waals surface area contributed by atoms with Gasteiger partial charge in [-0.2, -0.15) is 0 Å². The monoisotopic (exact) mass is 375 g/mol. The summed E-state index contributed by atoms with van der Waals surface area (Å²) in [6.07, 6.45) is 2.59. The Kier molecular flexibility index (Phi) is 4.79. The zero-order valence-corrected chi connectivity index (χ0v) is 16.6. The van der Waals surface area contributed by atoms with Gasteiger partial charge in [-0.05, 0) is 37.1 Å². The third-order valence-electron chi connectivity index (χ3n) is 6.32. The molecule has 0 spiro atoms. The fourth-order valence-electron chi connectivity index (χ4n) is 4.78. The molecule has 0 unspecified atom stereocenters. The quantitative estimate of drug-likeness (QED) is 0.763. The minimum absolute atomic E-state index is 0.676. The molecule has 2 saturated heterocycles. The molecule has 2 aliphatic rings. The number of nitrogens with one attached hydrogen (secondary N) is 1. The van der Waals surface area contributed by atoms with Crippen LogP contribution < -0.4 is 10.2 Å². The SMILES string of the molecule is Cn1c(-c2cccc(N3CCC[C@H](N4CCNCC4)C3)c2)nc2ccccc21. The summed E-state index contributed by atoms with van der Waals surface area (Å²) in [6.45, 7) is 6.88. The Bertz CT molecular complexity index is 957.